The van der Waals surface area contributed by atoms with Crippen LogP contribution >= 0.6 is 0 Å². The van der Waals surface area contributed by atoms with Crippen molar-refractivity contribution in [3.63, 3.8) is 0 Å². The van der Waals surface area contributed by atoms with E-state index in [1.54, 1.807) is 12.1 Å². The van der Waals surface area contributed by atoms with E-state index in [9.17, 15) is 8.78 Å². The summed E-state index contributed by atoms with van der Waals surface area (Å²) < 4.78 is 26.9. The first-order valence-electron chi connectivity index (χ1n) is 11.0. The van der Waals surface area contributed by atoms with Gasteiger partial charge in [-0.1, -0.05) is 24.3 Å². The van der Waals surface area contributed by atoms with Crippen LogP contribution < -0.4 is 0 Å². The average molecular weight is 407 g/mol. The molecule has 0 aliphatic heterocycles. The lowest BCUT2D eigenvalue weighted by Gasteiger charge is -2.61. The first kappa shape index (κ1) is 19.6. The maximum Gasteiger partial charge on any atom is 0.123 e. The van der Waals surface area contributed by atoms with Gasteiger partial charge in [0.2, 0.25) is 0 Å². The fraction of sp³-hybridized carbons (Fsp3) is 0.462. The first-order valence-corrected chi connectivity index (χ1v) is 11.0. The summed E-state index contributed by atoms with van der Waals surface area (Å²) in [6.07, 6.45) is 11.2. The number of nitrogens with zero attached hydrogens (tertiary/aromatic N) is 2. The van der Waals surface area contributed by atoms with Crippen molar-refractivity contribution in [1.29, 1.82) is 0 Å². The molecule has 4 aliphatic rings. The summed E-state index contributed by atoms with van der Waals surface area (Å²) in [4.78, 5) is 9.54. The SMILES string of the molecule is Fc1cccc(C=NCC23CC4CC(C2)CC(CN=Cc2cccc(F)c2)(C4)C3)c1. The number of halogens is 2. The number of aliphatic imine (C=N–C) groups is 2. The Morgan fingerprint density at radius 3 is 1.67 bits per heavy atom. The molecule has 0 aromatic heterocycles. The standard InChI is InChI=1S/C26H28F2N2/c27-23-5-1-3-19(8-23)14-29-17-25-10-21-7-22(11-25)13-26(12-21,16-25)18-30-15-20-4-2-6-24(28)9-20/h1-6,8-9,14-15,21-22H,7,10-13,16-18H2. The summed E-state index contributed by atoms with van der Waals surface area (Å²) in [7, 11) is 0. The molecule has 4 fully saturated rings. The lowest BCUT2D eigenvalue weighted by Crippen LogP contribution is -2.54. The van der Waals surface area contributed by atoms with Crippen molar-refractivity contribution in [3.05, 3.63) is 71.3 Å². The highest BCUT2D eigenvalue weighted by Gasteiger charge is 2.57. The second-order valence-electron chi connectivity index (χ2n) is 10.0. The molecule has 30 heavy (non-hydrogen) atoms. The molecule has 0 radical (unpaired) electrons. The Hall–Kier alpha value is -2.36. The molecule has 0 N–H and O–H groups in total. The second-order valence-corrected chi connectivity index (χ2v) is 10.0. The molecule has 0 amide bonds. The van der Waals surface area contributed by atoms with Gasteiger partial charge in [-0.2, -0.15) is 0 Å². The van der Waals surface area contributed by atoms with Crippen LogP contribution in [0.2, 0.25) is 0 Å². The first-order chi connectivity index (χ1) is 14.5. The van der Waals surface area contributed by atoms with E-state index in [-0.39, 0.29) is 22.5 Å². The molecule has 4 heteroatoms. The molecule has 0 spiro atoms. The summed E-state index contributed by atoms with van der Waals surface area (Å²) in [5.41, 5.74) is 2.19. The minimum atomic E-state index is -0.219. The monoisotopic (exact) mass is 406 g/mol. The van der Waals surface area contributed by atoms with Crippen LogP contribution in [0, 0.1) is 34.3 Å². The Kier molecular flexibility index (Phi) is 5.04. The number of hydrogen-bond acceptors (Lipinski definition) is 2. The highest BCUT2D eigenvalue weighted by atomic mass is 19.1. The van der Waals surface area contributed by atoms with Gasteiger partial charge in [-0.05, 0) is 96.6 Å². The molecule has 4 saturated carbocycles. The van der Waals surface area contributed by atoms with Crippen molar-refractivity contribution in [3.8, 4) is 0 Å². The molecule has 0 atom stereocenters. The maximum atomic E-state index is 13.4. The smallest absolute Gasteiger partial charge is 0.123 e. The van der Waals surface area contributed by atoms with Gasteiger partial charge >= 0.3 is 0 Å². The van der Waals surface area contributed by atoms with E-state index in [0.717, 1.165) is 36.1 Å². The lowest BCUT2D eigenvalue weighted by molar-refractivity contribution is -0.100. The van der Waals surface area contributed by atoms with Gasteiger partial charge in [0.25, 0.3) is 0 Å². The molecule has 4 bridgehead atoms. The molecular weight excluding hydrogens is 378 g/mol. The number of benzene rings is 2. The van der Waals surface area contributed by atoms with Gasteiger partial charge in [0.1, 0.15) is 11.6 Å². The maximum absolute atomic E-state index is 13.4. The molecule has 2 aromatic rings. The van der Waals surface area contributed by atoms with Crippen LogP contribution in [0.3, 0.4) is 0 Å². The summed E-state index contributed by atoms with van der Waals surface area (Å²) >= 11 is 0. The lowest BCUT2D eigenvalue weighted by atomic mass is 9.44. The van der Waals surface area contributed by atoms with Gasteiger partial charge in [0, 0.05) is 25.5 Å². The fourth-order valence-corrected chi connectivity index (χ4v) is 6.88. The van der Waals surface area contributed by atoms with Crippen molar-refractivity contribution in [2.75, 3.05) is 13.1 Å². The van der Waals surface area contributed by atoms with Crippen LogP contribution in [0.1, 0.15) is 49.7 Å². The molecule has 2 nitrogen and oxygen atoms in total. The van der Waals surface area contributed by atoms with Gasteiger partial charge in [-0.25, -0.2) is 8.78 Å². The molecule has 156 valence electrons. The van der Waals surface area contributed by atoms with Gasteiger partial charge < -0.3 is 0 Å². The summed E-state index contributed by atoms with van der Waals surface area (Å²) in [5, 5.41) is 0. The summed E-state index contributed by atoms with van der Waals surface area (Å²) in [6, 6.07) is 13.2. The normalized spacial score (nSPS) is 32.5. The van der Waals surface area contributed by atoms with E-state index in [1.807, 2.05) is 24.6 Å². The third-order valence-corrected chi connectivity index (χ3v) is 7.33. The Morgan fingerprint density at radius 1 is 0.767 bits per heavy atom. The van der Waals surface area contributed by atoms with Crippen LogP contribution in [-0.4, -0.2) is 25.5 Å². The minimum absolute atomic E-state index is 0.219. The zero-order valence-corrected chi connectivity index (χ0v) is 17.2. The number of hydrogen-bond donors (Lipinski definition) is 0. The van der Waals surface area contributed by atoms with Crippen molar-refractivity contribution >= 4 is 12.4 Å². The van der Waals surface area contributed by atoms with E-state index >= 15 is 0 Å². The quantitative estimate of drug-likeness (QED) is 0.519. The van der Waals surface area contributed by atoms with E-state index in [1.165, 1.54) is 62.8 Å². The predicted molar refractivity (Wildman–Crippen MR) is 117 cm³/mol. The highest BCUT2D eigenvalue weighted by molar-refractivity contribution is 5.80. The van der Waals surface area contributed by atoms with Gasteiger partial charge in [-0.3, -0.25) is 9.98 Å². The molecule has 2 aromatic carbocycles. The largest absolute Gasteiger partial charge is 0.292 e. The third kappa shape index (κ3) is 4.10. The summed E-state index contributed by atoms with van der Waals surface area (Å²) in [5.74, 6) is 1.12. The predicted octanol–water partition coefficient (Wildman–Crippen LogP) is 6.09. The Labute approximate surface area is 177 Å². The minimum Gasteiger partial charge on any atom is -0.292 e. The van der Waals surface area contributed by atoms with Crippen molar-refractivity contribution in [2.45, 2.75) is 38.5 Å². The molecular formula is C26H28F2N2. The van der Waals surface area contributed by atoms with E-state index in [0.29, 0.717) is 0 Å². The van der Waals surface area contributed by atoms with Crippen LogP contribution in [0.15, 0.2) is 58.5 Å². The van der Waals surface area contributed by atoms with Crippen molar-refractivity contribution in [2.24, 2.45) is 32.7 Å². The fourth-order valence-electron chi connectivity index (χ4n) is 6.88. The molecule has 6 rings (SSSR count). The molecule has 4 aliphatic carbocycles. The van der Waals surface area contributed by atoms with Crippen molar-refractivity contribution in [1.82, 2.24) is 0 Å². The number of rotatable bonds is 6. The summed E-state index contributed by atoms with van der Waals surface area (Å²) in [6.45, 7) is 1.65. The zero-order chi connectivity index (χ0) is 20.6. The second kappa shape index (κ2) is 7.72. The van der Waals surface area contributed by atoms with E-state index in [2.05, 4.69) is 0 Å². The van der Waals surface area contributed by atoms with Gasteiger partial charge in [0.05, 0.1) is 0 Å². The topological polar surface area (TPSA) is 24.7 Å². The van der Waals surface area contributed by atoms with Crippen LogP contribution in [0.4, 0.5) is 8.78 Å². The Bertz CT molecular complexity index is 891. The van der Waals surface area contributed by atoms with Crippen LogP contribution in [0.5, 0.6) is 0 Å². The third-order valence-electron chi connectivity index (χ3n) is 7.33. The molecule has 0 saturated heterocycles. The highest BCUT2D eigenvalue weighted by Crippen LogP contribution is 2.65. The molecule has 0 heterocycles. The molecule has 0 unspecified atom stereocenters. The van der Waals surface area contributed by atoms with Crippen LogP contribution in [-0.2, 0) is 0 Å². The van der Waals surface area contributed by atoms with Gasteiger partial charge in [0.15, 0.2) is 0 Å². The van der Waals surface area contributed by atoms with Crippen molar-refractivity contribution < 1.29 is 8.78 Å². The van der Waals surface area contributed by atoms with E-state index < -0.39 is 0 Å². The van der Waals surface area contributed by atoms with E-state index in [4.69, 9.17) is 9.98 Å². The Balaban J connectivity index is 1.29. The Morgan fingerprint density at radius 2 is 1.23 bits per heavy atom. The average Bonchev–Trinajstić information content (AvgIpc) is 2.67. The van der Waals surface area contributed by atoms with Gasteiger partial charge in [-0.15, -0.1) is 0 Å². The van der Waals surface area contributed by atoms with Crippen LogP contribution in [0.25, 0.3) is 0 Å². The zero-order valence-electron chi connectivity index (χ0n) is 17.2.